The van der Waals surface area contributed by atoms with Crippen LogP contribution in [0.5, 0.6) is 0 Å². The molecule has 1 amide bonds. The van der Waals surface area contributed by atoms with Crippen molar-refractivity contribution in [3.05, 3.63) is 34.1 Å². The molecule has 3 N–H and O–H groups in total. The van der Waals surface area contributed by atoms with E-state index in [4.69, 9.17) is 5.73 Å². The zero-order valence-corrected chi connectivity index (χ0v) is 11.5. The van der Waals surface area contributed by atoms with Crippen LogP contribution in [0.1, 0.15) is 16.1 Å². The first-order valence-electron chi connectivity index (χ1n) is 5.20. The van der Waals surface area contributed by atoms with E-state index in [9.17, 15) is 4.79 Å². The van der Waals surface area contributed by atoms with Crippen LogP contribution < -0.4 is 11.1 Å². The lowest BCUT2D eigenvalue weighted by atomic mass is 10.2. The summed E-state index contributed by atoms with van der Waals surface area (Å²) in [6.07, 6.45) is 1.49. The Morgan fingerprint density at radius 2 is 2.22 bits per heavy atom. The first kappa shape index (κ1) is 12.6. The van der Waals surface area contributed by atoms with E-state index in [0.29, 0.717) is 21.7 Å². The maximum absolute atomic E-state index is 12.0. The van der Waals surface area contributed by atoms with Gasteiger partial charge in [0.05, 0.1) is 5.56 Å². The monoisotopic (exact) mass is 309 g/mol. The van der Waals surface area contributed by atoms with E-state index in [1.165, 1.54) is 12.3 Å². The van der Waals surface area contributed by atoms with E-state index < -0.39 is 0 Å². The minimum atomic E-state index is -0.283. The molecule has 7 heteroatoms. The van der Waals surface area contributed by atoms with E-state index in [0.717, 1.165) is 5.69 Å². The topological polar surface area (TPSA) is 85.8 Å². The van der Waals surface area contributed by atoms with Crippen molar-refractivity contribution >= 4 is 33.5 Å². The molecule has 0 aliphatic carbocycles. The van der Waals surface area contributed by atoms with Gasteiger partial charge in [0.1, 0.15) is 5.82 Å². The molecule has 0 atom stereocenters. The van der Waals surface area contributed by atoms with Gasteiger partial charge in [0.25, 0.3) is 5.91 Å². The van der Waals surface area contributed by atoms with Crippen LogP contribution in [0.15, 0.2) is 22.8 Å². The van der Waals surface area contributed by atoms with Crippen LogP contribution in [-0.4, -0.2) is 20.7 Å². The smallest absolute Gasteiger partial charge is 0.258 e. The van der Waals surface area contributed by atoms with Crippen LogP contribution in [0.3, 0.4) is 0 Å². The lowest BCUT2D eigenvalue weighted by molar-refractivity contribution is 0.102. The minimum absolute atomic E-state index is 0.283. The Hall–Kier alpha value is -1.89. The Balaban J connectivity index is 2.24. The third-order valence-electron chi connectivity index (χ3n) is 2.48. The number of hydrogen-bond donors (Lipinski definition) is 2. The van der Waals surface area contributed by atoms with Crippen molar-refractivity contribution in [1.82, 2.24) is 14.8 Å². The summed E-state index contributed by atoms with van der Waals surface area (Å²) in [6, 6.07) is 3.30. The van der Waals surface area contributed by atoms with Gasteiger partial charge in [0.15, 0.2) is 5.82 Å². The first-order chi connectivity index (χ1) is 8.47. The second-order valence-electron chi connectivity index (χ2n) is 3.84. The van der Waals surface area contributed by atoms with Gasteiger partial charge in [0, 0.05) is 29.5 Å². The van der Waals surface area contributed by atoms with E-state index in [2.05, 4.69) is 31.3 Å². The van der Waals surface area contributed by atoms with Crippen molar-refractivity contribution in [2.75, 3.05) is 11.1 Å². The number of nitrogens with zero attached hydrogens (tertiary/aromatic N) is 3. The van der Waals surface area contributed by atoms with Crippen molar-refractivity contribution in [2.45, 2.75) is 6.92 Å². The van der Waals surface area contributed by atoms with E-state index in [1.54, 1.807) is 10.7 Å². The van der Waals surface area contributed by atoms with Crippen molar-refractivity contribution < 1.29 is 4.79 Å². The van der Waals surface area contributed by atoms with Gasteiger partial charge in [0.2, 0.25) is 0 Å². The SMILES string of the molecule is Cc1cc(NC(=O)c2cc(N)ncc2Br)nn1C. The molecule has 0 saturated carbocycles. The highest BCUT2D eigenvalue weighted by atomic mass is 79.9. The molecule has 2 rings (SSSR count). The molecule has 0 bridgehead atoms. The zero-order chi connectivity index (χ0) is 13.3. The normalized spacial score (nSPS) is 10.4. The number of aryl methyl sites for hydroxylation is 2. The minimum Gasteiger partial charge on any atom is -0.384 e. The highest BCUT2D eigenvalue weighted by molar-refractivity contribution is 9.10. The predicted octanol–water partition coefficient (Wildman–Crippen LogP) is 1.72. The van der Waals surface area contributed by atoms with E-state index in [-0.39, 0.29) is 5.91 Å². The van der Waals surface area contributed by atoms with Gasteiger partial charge in [-0.2, -0.15) is 5.10 Å². The van der Waals surface area contributed by atoms with Gasteiger partial charge in [-0.25, -0.2) is 4.98 Å². The number of aromatic nitrogens is 3. The molecule has 0 fully saturated rings. The summed E-state index contributed by atoms with van der Waals surface area (Å²) in [5.41, 5.74) is 6.93. The Morgan fingerprint density at radius 3 is 2.83 bits per heavy atom. The lowest BCUT2D eigenvalue weighted by Crippen LogP contribution is -2.14. The largest absolute Gasteiger partial charge is 0.384 e. The molecule has 94 valence electrons. The number of nitrogens with two attached hydrogens (primary N) is 1. The van der Waals surface area contributed by atoms with Crippen molar-refractivity contribution in [1.29, 1.82) is 0 Å². The van der Waals surface area contributed by atoms with Gasteiger partial charge >= 0.3 is 0 Å². The maximum atomic E-state index is 12.0. The molecular formula is C11H12BrN5O. The number of rotatable bonds is 2. The van der Waals surface area contributed by atoms with Gasteiger partial charge in [-0.3, -0.25) is 9.48 Å². The zero-order valence-electron chi connectivity index (χ0n) is 9.94. The molecule has 2 aromatic heterocycles. The van der Waals surface area contributed by atoms with Crippen LogP contribution in [0, 0.1) is 6.92 Å². The second-order valence-corrected chi connectivity index (χ2v) is 4.69. The number of nitrogens with one attached hydrogen (secondary N) is 1. The second kappa shape index (κ2) is 4.77. The molecule has 0 spiro atoms. The molecule has 18 heavy (non-hydrogen) atoms. The van der Waals surface area contributed by atoms with Crippen LogP contribution in [0.25, 0.3) is 0 Å². The van der Waals surface area contributed by atoms with Gasteiger partial charge < -0.3 is 11.1 Å². The third-order valence-corrected chi connectivity index (χ3v) is 3.11. The average Bonchev–Trinajstić information content (AvgIpc) is 2.61. The van der Waals surface area contributed by atoms with Crippen molar-refractivity contribution in [2.24, 2.45) is 7.05 Å². The number of nitrogen functional groups attached to an aromatic ring is 1. The van der Waals surface area contributed by atoms with E-state index >= 15 is 0 Å². The Labute approximate surface area is 112 Å². The molecule has 2 heterocycles. The van der Waals surface area contributed by atoms with Crippen molar-refractivity contribution in [3.8, 4) is 0 Å². The van der Waals surface area contributed by atoms with Gasteiger partial charge in [-0.1, -0.05) is 0 Å². The summed E-state index contributed by atoms with van der Waals surface area (Å²) in [5, 5.41) is 6.85. The summed E-state index contributed by atoms with van der Waals surface area (Å²) >= 11 is 3.26. The number of anilines is 2. The Kier molecular flexibility index (Phi) is 3.33. The fourth-order valence-electron chi connectivity index (χ4n) is 1.43. The van der Waals surface area contributed by atoms with Crippen LogP contribution >= 0.6 is 15.9 Å². The van der Waals surface area contributed by atoms with E-state index in [1.807, 2.05) is 14.0 Å². The number of hydrogen-bond acceptors (Lipinski definition) is 4. The van der Waals surface area contributed by atoms with Crippen LogP contribution in [0.4, 0.5) is 11.6 Å². The summed E-state index contributed by atoms with van der Waals surface area (Å²) < 4.78 is 2.27. The molecule has 0 aliphatic heterocycles. The molecular weight excluding hydrogens is 298 g/mol. The molecule has 0 unspecified atom stereocenters. The van der Waals surface area contributed by atoms with Crippen molar-refractivity contribution in [3.63, 3.8) is 0 Å². The number of carbonyl (C=O) groups is 1. The molecule has 0 aliphatic rings. The first-order valence-corrected chi connectivity index (χ1v) is 5.99. The summed E-state index contributed by atoms with van der Waals surface area (Å²) in [5.74, 6) is 0.511. The quantitative estimate of drug-likeness (QED) is 0.884. The average molecular weight is 310 g/mol. The summed E-state index contributed by atoms with van der Waals surface area (Å²) in [7, 11) is 1.81. The van der Waals surface area contributed by atoms with Crippen LogP contribution in [0.2, 0.25) is 0 Å². The highest BCUT2D eigenvalue weighted by Gasteiger charge is 2.13. The fourth-order valence-corrected chi connectivity index (χ4v) is 1.83. The standard InChI is InChI=1S/C11H12BrN5O/c1-6-3-10(16-17(6)2)15-11(18)7-4-9(13)14-5-8(7)12/h3-5H,1-2H3,(H2,13,14)(H,15,16,18). The van der Waals surface area contributed by atoms with Gasteiger partial charge in [-0.15, -0.1) is 0 Å². The summed E-state index contributed by atoms with van der Waals surface area (Å²) in [6.45, 7) is 1.91. The van der Waals surface area contributed by atoms with Gasteiger partial charge in [-0.05, 0) is 28.9 Å². The molecule has 0 radical (unpaired) electrons. The fraction of sp³-hybridized carbons (Fsp3) is 0.182. The van der Waals surface area contributed by atoms with Crippen LogP contribution in [-0.2, 0) is 7.05 Å². The number of pyridine rings is 1. The molecule has 6 nitrogen and oxygen atoms in total. The predicted molar refractivity (Wildman–Crippen MR) is 72.2 cm³/mol. The Bertz CT molecular complexity index is 588. The lowest BCUT2D eigenvalue weighted by Gasteiger charge is -2.04. The summed E-state index contributed by atoms with van der Waals surface area (Å²) in [4.78, 5) is 15.9. The number of halogens is 1. The molecule has 2 aromatic rings. The Morgan fingerprint density at radius 1 is 1.50 bits per heavy atom. The molecule has 0 saturated heterocycles. The maximum Gasteiger partial charge on any atom is 0.258 e. The highest BCUT2D eigenvalue weighted by Crippen LogP contribution is 2.19. The third kappa shape index (κ3) is 2.51. The number of amides is 1. The number of carbonyl (C=O) groups excluding carboxylic acids is 1. The molecule has 0 aromatic carbocycles.